The van der Waals surface area contributed by atoms with Gasteiger partial charge in [0.15, 0.2) is 0 Å². The van der Waals surface area contributed by atoms with Crippen LogP contribution in [-0.2, 0) is 0 Å². The van der Waals surface area contributed by atoms with Crippen LogP contribution in [0.5, 0.6) is 0 Å². The van der Waals surface area contributed by atoms with Crippen LogP contribution < -0.4 is 5.32 Å². The Hall–Kier alpha value is -0.470. The van der Waals surface area contributed by atoms with Gasteiger partial charge < -0.3 is 5.32 Å². The largest absolute Gasteiger partial charge is 0.307 e. The molecule has 0 aromatic heterocycles. The van der Waals surface area contributed by atoms with E-state index in [1.54, 1.807) is 0 Å². The molecule has 1 aliphatic heterocycles. The van der Waals surface area contributed by atoms with Crippen LogP contribution in [0.1, 0.15) is 50.6 Å². The maximum atomic E-state index is 3.89. The fraction of sp³-hybridized carbons (Fsp3) is 0.625. The van der Waals surface area contributed by atoms with Crippen molar-refractivity contribution in [1.82, 2.24) is 5.32 Å². The van der Waals surface area contributed by atoms with Crippen molar-refractivity contribution >= 4 is 11.8 Å². The van der Waals surface area contributed by atoms with Crippen molar-refractivity contribution in [1.29, 1.82) is 0 Å². The van der Waals surface area contributed by atoms with Crippen LogP contribution in [0.2, 0.25) is 0 Å². The molecular formula is C16H25NS. The SMILES string of the molecule is CCCCC(NC1CCSCC1)c1ccccc1. The van der Waals surface area contributed by atoms with Gasteiger partial charge in [-0.15, -0.1) is 0 Å². The maximum absolute atomic E-state index is 3.89. The Morgan fingerprint density at radius 1 is 1.22 bits per heavy atom. The standard InChI is InChI=1S/C16H25NS/c1-2-3-9-16(14-7-5-4-6-8-14)17-15-10-12-18-13-11-15/h4-8,15-17H,2-3,9-13H2,1H3. The molecule has 1 aromatic carbocycles. The third-order valence-corrected chi connectivity index (χ3v) is 4.76. The lowest BCUT2D eigenvalue weighted by molar-refractivity contribution is 0.390. The second kappa shape index (κ2) is 7.85. The minimum Gasteiger partial charge on any atom is -0.307 e. The summed E-state index contributed by atoms with van der Waals surface area (Å²) in [5.74, 6) is 2.65. The Bertz CT molecular complexity index is 319. The second-order valence-corrected chi connectivity index (χ2v) is 6.38. The molecule has 0 spiro atoms. The molecule has 0 saturated carbocycles. The maximum Gasteiger partial charge on any atom is 0.0322 e. The zero-order valence-electron chi connectivity index (χ0n) is 11.4. The molecule has 1 nitrogen and oxygen atoms in total. The summed E-state index contributed by atoms with van der Waals surface area (Å²) in [4.78, 5) is 0. The van der Waals surface area contributed by atoms with Crippen LogP contribution in [0.25, 0.3) is 0 Å². The van der Waals surface area contributed by atoms with E-state index >= 15 is 0 Å². The number of benzene rings is 1. The van der Waals surface area contributed by atoms with E-state index in [-0.39, 0.29) is 0 Å². The summed E-state index contributed by atoms with van der Waals surface area (Å²) in [6.07, 6.45) is 6.53. The van der Waals surface area contributed by atoms with Gasteiger partial charge >= 0.3 is 0 Å². The first-order valence-electron chi connectivity index (χ1n) is 7.29. The molecule has 0 radical (unpaired) electrons. The van der Waals surface area contributed by atoms with E-state index in [0.717, 1.165) is 6.04 Å². The van der Waals surface area contributed by atoms with E-state index in [1.807, 2.05) is 0 Å². The molecule has 2 heteroatoms. The number of hydrogen-bond acceptors (Lipinski definition) is 2. The summed E-state index contributed by atoms with van der Waals surface area (Å²) in [6, 6.07) is 12.2. The lowest BCUT2D eigenvalue weighted by Gasteiger charge is -2.28. The average molecular weight is 263 g/mol. The van der Waals surface area contributed by atoms with Gasteiger partial charge in [0.25, 0.3) is 0 Å². The van der Waals surface area contributed by atoms with Gasteiger partial charge in [0.2, 0.25) is 0 Å². The van der Waals surface area contributed by atoms with E-state index in [0.29, 0.717) is 6.04 Å². The fourth-order valence-corrected chi connectivity index (χ4v) is 3.70. The molecule has 1 saturated heterocycles. The van der Waals surface area contributed by atoms with Crippen molar-refractivity contribution in [2.45, 2.75) is 51.1 Å². The highest BCUT2D eigenvalue weighted by atomic mass is 32.2. The number of nitrogens with one attached hydrogen (secondary N) is 1. The van der Waals surface area contributed by atoms with Crippen LogP contribution in [0, 0.1) is 0 Å². The van der Waals surface area contributed by atoms with Gasteiger partial charge in [0, 0.05) is 12.1 Å². The van der Waals surface area contributed by atoms with Gasteiger partial charge in [-0.2, -0.15) is 11.8 Å². The van der Waals surface area contributed by atoms with E-state index in [9.17, 15) is 0 Å². The van der Waals surface area contributed by atoms with Gasteiger partial charge in [-0.1, -0.05) is 50.1 Å². The second-order valence-electron chi connectivity index (χ2n) is 5.16. The zero-order chi connectivity index (χ0) is 12.6. The van der Waals surface area contributed by atoms with Gasteiger partial charge in [-0.3, -0.25) is 0 Å². The first kappa shape index (κ1) is 14.0. The van der Waals surface area contributed by atoms with Crippen molar-refractivity contribution in [3.05, 3.63) is 35.9 Å². The Labute approximate surface area is 116 Å². The molecular weight excluding hydrogens is 238 g/mol. The van der Waals surface area contributed by atoms with Gasteiger partial charge in [-0.25, -0.2) is 0 Å². The number of unbranched alkanes of at least 4 members (excludes halogenated alkanes) is 1. The Morgan fingerprint density at radius 2 is 1.94 bits per heavy atom. The summed E-state index contributed by atoms with van der Waals surface area (Å²) >= 11 is 2.10. The normalized spacial score (nSPS) is 18.7. The molecule has 1 fully saturated rings. The Morgan fingerprint density at radius 3 is 2.61 bits per heavy atom. The summed E-state index contributed by atoms with van der Waals surface area (Å²) in [7, 11) is 0. The summed E-state index contributed by atoms with van der Waals surface area (Å²) in [5, 5.41) is 3.89. The molecule has 100 valence electrons. The van der Waals surface area contributed by atoms with Gasteiger partial charge in [0.05, 0.1) is 0 Å². The molecule has 1 heterocycles. The molecule has 1 atom stereocenters. The number of rotatable bonds is 6. The van der Waals surface area contributed by atoms with E-state index in [4.69, 9.17) is 0 Å². The van der Waals surface area contributed by atoms with Crippen molar-refractivity contribution in [2.24, 2.45) is 0 Å². The summed E-state index contributed by atoms with van der Waals surface area (Å²) in [6.45, 7) is 2.28. The van der Waals surface area contributed by atoms with Crippen LogP contribution in [0.15, 0.2) is 30.3 Å². The average Bonchev–Trinajstić information content (AvgIpc) is 2.45. The molecule has 0 aliphatic carbocycles. The van der Waals surface area contributed by atoms with Crippen LogP contribution in [0.4, 0.5) is 0 Å². The third-order valence-electron chi connectivity index (χ3n) is 3.71. The van der Waals surface area contributed by atoms with Crippen LogP contribution in [-0.4, -0.2) is 17.5 Å². The zero-order valence-corrected chi connectivity index (χ0v) is 12.2. The molecule has 2 rings (SSSR count). The third kappa shape index (κ3) is 4.33. The minimum absolute atomic E-state index is 0.555. The topological polar surface area (TPSA) is 12.0 Å². The smallest absolute Gasteiger partial charge is 0.0322 e. The minimum atomic E-state index is 0.555. The predicted molar refractivity (Wildman–Crippen MR) is 82.2 cm³/mol. The molecule has 0 bridgehead atoms. The summed E-state index contributed by atoms with van der Waals surface area (Å²) < 4.78 is 0. The number of thioether (sulfide) groups is 1. The molecule has 0 amide bonds. The highest BCUT2D eigenvalue weighted by molar-refractivity contribution is 7.99. The fourth-order valence-electron chi connectivity index (χ4n) is 2.59. The lowest BCUT2D eigenvalue weighted by Crippen LogP contribution is -2.35. The molecule has 1 N–H and O–H groups in total. The predicted octanol–water partition coefficient (Wildman–Crippen LogP) is 4.40. The highest BCUT2D eigenvalue weighted by Gasteiger charge is 2.18. The van der Waals surface area contributed by atoms with Crippen LogP contribution >= 0.6 is 11.8 Å². The highest BCUT2D eigenvalue weighted by Crippen LogP contribution is 2.24. The van der Waals surface area contributed by atoms with Gasteiger partial charge in [-0.05, 0) is 36.3 Å². The number of hydrogen-bond donors (Lipinski definition) is 1. The Kier molecular flexibility index (Phi) is 6.09. The van der Waals surface area contributed by atoms with E-state index < -0.39 is 0 Å². The lowest BCUT2D eigenvalue weighted by atomic mass is 9.99. The first-order chi connectivity index (χ1) is 8.90. The van der Waals surface area contributed by atoms with Gasteiger partial charge in [0.1, 0.15) is 0 Å². The summed E-state index contributed by atoms with van der Waals surface area (Å²) in [5.41, 5.74) is 1.46. The van der Waals surface area contributed by atoms with Crippen molar-refractivity contribution in [2.75, 3.05) is 11.5 Å². The monoisotopic (exact) mass is 263 g/mol. The van der Waals surface area contributed by atoms with Crippen molar-refractivity contribution in [3.8, 4) is 0 Å². The van der Waals surface area contributed by atoms with Crippen LogP contribution in [0.3, 0.4) is 0 Å². The quantitative estimate of drug-likeness (QED) is 0.816. The molecule has 1 aromatic rings. The Balaban J connectivity index is 1.95. The van der Waals surface area contributed by atoms with Crippen molar-refractivity contribution < 1.29 is 0 Å². The van der Waals surface area contributed by atoms with E-state index in [2.05, 4.69) is 54.3 Å². The first-order valence-corrected chi connectivity index (χ1v) is 8.44. The molecule has 1 aliphatic rings. The van der Waals surface area contributed by atoms with E-state index in [1.165, 1.54) is 49.2 Å². The molecule has 1 unspecified atom stereocenters. The van der Waals surface area contributed by atoms with Crippen molar-refractivity contribution in [3.63, 3.8) is 0 Å². The molecule has 18 heavy (non-hydrogen) atoms.